The van der Waals surface area contributed by atoms with Crippen LogP contribution in [0, 0.1) is 17.3 Å². The summed E-state index contributed by atoms with van der Waals surface area (Å²) >= 11 is 0. The van der Waals surface area contributed by atoms with Crippen molar-refractivity contribution in [2.45, 2.75) is 44.4 Å². The number of aromatic nitrogens is 7. The van der Waals surface area contributed by atoms with Crippen molar-refractivity contribution < 1.29 is 18.3 Å². The van der Waals surface area contributed by atoms with Crippen LogP contribution in [0.15, 0.2) is 49.3 Å². The van der Waals surface area contributed by atoms with Crippen LogP contribution in [-0.4, -0.2) is 110 Å². The lowest BCUT2D eigenvalue weighted by Gasteiger charge is -2.39. The molecule has 0 bridgehead atoms. The van der Waals surface area contributed by atoms with Crippen LogP contribution < -0.4 is 10.2 Å². The van der Waals surface area contributed by atoms with E-state index in [-0.39, 0.29) is 17.3 Å². The van der Waals surface area contributed by atoms with Crippen molar-refractivity contribution >= 4 is 27.3 Å². The van der Waals surface area contributed by atoms with Gasteiger partial charge in [-0.25, -0.2) is 23.4 Å². The molecule has 0 amide bonds. The first kappa shape index (κ1) is 32.2. The van der Waals surface area contributed by atoms with Crippen LogP contribution in [0.3, 0.4) is 0 Å². The third kappa shape index (κ3) is 7.36. The number of nitrogens with zero attached hydrogens (tertiary/aromatic N) is 9. The molecular weight excluding hydrogens is 632 g/mol. The molecular formula is C33H40N10O4S. The summed E-state index contributed by atoms with van der Waals surface area (Å²) in [6.45, 7) is 8.99. The van der Waals surface area contributed by atoms with Crippen molar-refractivity contribution in [1.29, 1.82) is 0 Å². The lowest BCUT2D eigenvalue weighted by atomic mass is 9.81. The van der Waals surface area contributed by atoms with E-state index in [2.05, 4.69) is 59.0 Å². The summed E-state index contributed by atoms with van der Waals surface area (Å²) < 4.78 is 33.6. The molecule has 252 valence electrons. The van der Waals surface area contributed by atoms with Crippen molar-refractivity contribution in [2.24, 2.45) is 5.41 Å². The number of piperidine rings is 1. The number of aliphatic hydroxyl groups is 1. The van der Waals surface area contributed by atoms with E-state index in [0.29, 0.717) is 35.9 Å². The van der Waals surface area contributed by atoms with Crippen molar-refractivity contribution in [3.8, 4) is 23.2 Å². The van der Waals surface area contributed by atoms with Crippen LogP contribution in [0.5, 0.6) is 0 Å². The van der Waals surface area contributed by atoms with E-state index in [1.54, 1.807) is 24.7 Å². The molecule has 0 unspecified atom stereocenters. The maximum atomic E-state index is 12.6. The first-order valence-electron chi connectivity index (χ1n) is 16.4. The summed E-state index contributed by atoms with van der Waals surface area (Å²) in [7, 11) is -3.48. The zero-order valence-electron chi connectivity index (χ0n) is 27.0. The molecule has 0 spiro atoms. The lowest BCUT2D eigenvalue weighted by molar-refractivity contribution is 0.0359. The fourth-order valence-corrected chi connectivity index (χ4v) is 7.33. The van der Waals surface area contributed by atoms with Gasteiger partial charge in [-0.15, -0.1) is 0 Å². The zero-order valence-corrected chi connectivity index (χ0v) is 27.8. The maximum Gasteiger partial charge on any atom is 0.256 e. The average molecular weight is 673 g/mol. The molecule has 7 rings (SSSR count). The highest BCUT2D eigenvalue weighted by Gasteiger charge is 2.37. The van der Waals surface area contributed by atoms with E-state index in [9.17, 15) is 13.5 Å². The first-order valence-corrected chi connectivity index (χ1v) is 17.9. The van der Waals surface area contributed by atoms with Crippen LogP contribution in [-0.2, 0) is 21.3 Å². The summed E-state index contributed by atoms with van der Waals surface area (Å²) in [5.74, 6) is 8.05. The Hall–Kier alpha value is -4.36. The minimum Gasteiger partial charge on any atom is -0.396 e. The van der Waals surface area contributed by atoms with E-state index in [1.807, 2.05) is 16.9 Å². The summed E-state index contributed by atoms with van der Waals surface area (Å²) in [6, 6.07) is 3.70. The Morgan fingerprint density at radius 1 is 1.00 bits per heavy atom. The number of ether oxygens (including phenoxy) is 1. The Bertz CT molecular complexity index is 1910. The molecule has 1 aliphatic carbocycles. The summed E-state index contributed by atoms with van der Waals surface area (Å²) in [6.07, 6.45) is 13.1. The van der Waals surface area contributed by atoms with Crippen molar-refractivity contribution in [2.75, 3.05) is 62.8 Å². The highest BCUT2D eigenvalue weighted by atomic mass is 32.2. The molecule has 15 heteroatoms. The van der Waals surface area contributed by atoms with Gasteiger partial charge in [-0.05, 0) is 37.2 Å². The van der Waals surface area contributed by atoms with Crippen LogP contribution >= 0.6 is 0 Å². The van der Waals surface area contributed by atoms with Gasteiger partial charge in [0.15, 0.2) is 5.82 Å². The van der Waals surface area contributed by atoms with Crippen molar-refractivity contribution in [1.82, 2.24) is 38.8 Å². The molecule has 0 aromatic carbocycles. The molecule has 0 atom stereocenters. The normalized spacial score (nSPS) is 18.3. The van der Waals surface area contributed by atoms with E-state index >= 15 is 0 Å². The third-order valence-corrected chi connectivity index (χ3v) is 11.3. The maximum absolute atomic E-state index is 12.6. The number of pyridine rings is 1. The van der Waals surface area contributed by atoms with Gasteiger partial charge in [-0.2, -0.15) is 14.3 Å². The number of hydrogen-bond acceptors (Lipinski definition) is 12. The highest BCUT2D eigenvalue weighted by molar-refractivity contribution is 7.90. The summed E-state index contributed by atoms with van der Waals surface area (Å²) in [5.41, 5.74) is 2.97. The molecule has 3 fully saturated rings. The second-order valence-corrected chi connectivity index (χ2v) is 15.0. The number of aliphatic hydroxyl groups excluding tert-OH is 1. The Labute approximate surface area is 280 Å². The topological polar surface area (TPSA) is 156 Å². The van der Waals surface area contributed by atoms with Crippen LogP contribution in [0.2, 0.25) is 0 Å². The molecule has 2 aliphatic heterocycles. The number of morpholine rings is 1. The van der Waals surface area contributed by atoms with Gasteiger partial charge in [0.2, 0.25) is 0 Å². The van der Waals surface area contributed by atoms with Gasteiger partial charge in [0.05, 0.1) is 66.0 Å². The Kier molecular flexibility index (Phi) is 9.15. The predicted molar refractivity (Wildman–Crippen MR) is 180 cm³/mol. The number of rotatable bonds is 10. The second-order valence-electron chi connectivity index (χ2n) is 13.0. The summed E-state index contributed by atoms with van der Waals surface area (Å²) in [4.78, 5) is 18.3. The van der Waals surface area contributed by atoms with E-state index in [0.717, 1.165) is 86.2 Å². The Morgan fingerprint density at radius 2 is 1.81 bits per heavy atom. The number of nitrogens with one attached hydrogen (secondary N) is 1. The van der Waals surface area contributed by atoms with Gasteiger partial charge >= 0.3 is 0 Å². The molecule has 48 heavy (non-hydrogen) atoms. The van der Waals surface area contributed by atoms with Crippen LogP contribution in [0.25, 0.3) is 11.4 Å². The van der Waals surface area contributed by atoms with E-state index in [1.165, 1.54) is 12.4 Å². The molecule has 14 nitrogen and oxygen atoms in total. The van der Waals surface area contributed by atoms with Gasteiger partial charge < -0.3 is 20.1 Å². The smallest absolute Gasteiger partial charge is 0.256 e. The Balaban J connectivity index is 1.10. The van der Waals surface area contributed by atoms with Gasteiger partial charge in [0.25, 0.3) is 10.0 Å². The molecule has 2 N–H and O–H groups in total. The number of anilines is 3. The number of hydrogen-bond donors (Lipinski definition) is 2. The fraction of sp³-hybridized carbons (Fsp3) is 0.485. The Morgan fingerprint density at radius 3 is 2.58 bits per heavy atom. The monoisotopic (exact) mass is 672 g/mol. The van der Waals surface area contributed by atoms with Crippen molar-refractivity contribution in [3.63, 3.8) is 0 Å². The molecule has 3 aliphatic rings. The second kappa shape index (κ2) is 13.6. The molecule has 2 saturated heterocycles. The van der Waals surface area contributed by atoms with Crippen molar-refractivity contribution in [3.05, 3.63) is 60.4 Å². The molecule has 6 heterocycles. The minimum atomic E-state index is -3.48. The molecule has 1 saturated carbocycles. The predicted octanol–water partition coefficient (Wildman–Crippen LogP) is 2.35. The third-order valence-electron chi connectivity index (χ3n) is 9.24. The van der Waals surface area contributed by atoms with Crippen LogP contribution in [0.1, 0.15) is 43.7 Å². The lowest BCUT2D eigenvalue weighted by Crippen LogP contribution is -2.40. The van der Waals surface area contributed by atoms with E-state index in [4.69, 9.17) is 4.74 Å². The molecule has 4 aromatic rings. The minimum absolute atomic E-state index is 0.102. The van der Waals surface area contributed by atoms with Gasteiger partial charge in [-0.1, -0.05) is 18.8 Å². The van der Waals surface area contributed by atoms with E-state index < -0.39 is 10.0 Å². The fourth-order valence-electron chi connectivity index (χ4n) is 5.85. The van der Waals surface area contributed by atoms with Gasteiger partial charge in [0.1, 0.15) is 11.6 Å². The van der Waals surface area contributed by atoms with Gasteiger partial charge in [-0.3, -0.25) is 9.58 Å². The molecule has 0 radical (unpaired) electrons. The zero-order chi connectivity index (χ0) is 33.1. The average Bonchev–Trinajstić information content (AvgIpc) is 3.68. The standard InChI is InChI=1S/C33H40N10O4S/c1-33(24-44)7-10-41(11-8-33)29-18-31(35-20-26(29)3-2-25-19-36-42(22-25)13-12-40-14-16-47-17-15-40)38-30-6-9-34-32(39-30)27-21-37-43(23-27)48(45,46)28-4-5-28/h6,9,18-23,28,44H,4-5,7-8,10-17,24H2,1H3,(H,34,35,38,39). The molecule has 4 aromatic heterocycles. The van der Waals surface area contributed by atoms with Gasteiger partial charge in [0, 0.05) is 64.0 Å². The quantitative estimate of drug-likeness (QED) is 0.238. The van der Waals surface area contributed by atoms with Crippen LogP contribution in [0.4, 0.5) is 17.3 Å². The SMILES string of the molecule is CC1(CO)CCN(c2cc(Nc3ccnc(-c4cnn(S(=O)(=O)C5CC5)c4)n3)ncc2C#Cc2cnn(CCN3CCOCC3)c2)CC1. The largest absolute Gasteiger partial charge is 0.396 e. The first-order chi connectivity index (χ1) is 23.3. The highest BCUT2D eigenvalue weighted by Crippen LogP contribution is 2.35. The summed E-state index contributed by atoms with van der Waals surface area (Å²) in [5, 5.41) is 21.4.